The lowest BCUT2D eigenvalue weighted by atomic mass is 10.00. The molecule has 7 heteroatoms. The molecule has 2 heterocycles. The van der Waals surface area contributed by atoms with E-state index in [1.54, 1.807) is 19.1 Å². The van der Waals surface area contributed by atoms with Gasteiger partial charge in [-0.05, 0) is 43.0 Å². The van der Waals surface area contributed by atoms with Crippen molar-refractivity contribution < 1.29 is 23.4 Å². The van der Waals surface area contributed by atoms with Crippen molar-refractivity contribution in [1.82, 2.24) is 9.88 Å². The van der Waals surface area contributed by atoms with E-state index in [1.807, 2.05) is 60.7 Å². The summed E-state index contributed by atoms with van der Waals surface area (Å²) < 4.78 is 36.4. The number of carbonyl (C=O) groups is 1. The van der Waals surface area contributed by atoms with Gasteiger partial charge in [0.25, 0.3) is 6.47 Å². The van der Waals surface area contributed by atoms with E-state index >= 15 is 0 Å². The molecule has 4 rings (SSSR count). The Kier molecular flexibility index (Phi) is 8.63. The van der Waals surface area contributed by atoms with E-state index in [1.165, 1.54) is 11.0 Å². The zero-order valence-corrected chi connectivity index (χ0v) is 18.5. The summed E-state index contributed by atoms with van der Waals surface area (Å²) in [4.78, 5) is 13.6. The zero-order chi connectivity index (χ0) is 23.7. The van der Waals surface area contributed by atoms with Gasteiger partial charge in [0.15, 0.2) is 0 Å². The number of nitrogens with zero attached hydrogens (tertiary/aromatic N) is 2. The predicted molar refractivity (Wildman–Crippen MR) is 122 cm³/mol. The summed E-state index contributed by atoms with van der Waals surface area (Å²) in [5.41, 5.74) is 2.55. The van der Waals surface area contributed by atoms with Crippen LogP contribution in [0.3, 0.4) is 0 Å². The maximum absolute atomic E-state index is 15.0. The van der Waals surface area contributed by atoms with E-state index < -0.39 is 6.05 Å². The standard InChI is InChI=1S/C25H26F2N2O.CH2O2/c1-19-9-8-14-23(28-19)25(26,27)29-17-15-22(16-18-29)30-24(20-10-4-2-5-11-20)21-12-6-3-7-13-21;2-1-3/h2-14,22,24H,15-18H2,1H3;1H,(H,2,3). The lowest BCUT2D eigenvalue weighted by Crippen LogP contribution is -2.46. The Hall–Kier alpha value is -3.16. The molecule has 0 unspecified atom stereocenters. The fraction of sp³-hybridized carbons (Fsp3) is 0.308. The molecule has 0 bridgehead atoms. The van der Waals surface area contributed by atoms with E-state index in [-0.39, 0.29) is 37.5 Å². The van der Waals surface area contributed by atoms with E-state index in [0.717, 1.165) is 11.1 Å². The maximum Gasteiger partial charge on any atom is 0.348 e. The van der Waals surface area contributed by atoms with Crippen LogP contribution in [0.4, 0.5) is 8.78 Å². The van der Waals surface area contributed by atoms with E-state index in [4.69, 9.17) is 14.6 Å². The van der Waals surface area contributed by atoms with Crippen LogP contribution in [0.25, 0.3) is 0 Å². The second-order valence-electron chi connectivity index (χ2n) is 7.83. The molecule has 1 fully saturated rings. The minimum atomic E-state index is -3.07. The second-order valence-corrected chi connectivity index (χ2v) is 7.83. The monoisotopic (exact) mass is 454 g/mol. The fourth-order valence-corrected chi connectivity index (χ4v) is 3.94. The molecule has 1 N–H and O–H groups in total. The number of pyridine rings is 1. The van der Waals surface area contributed by atoms with Crippen molar-refractivity contribution in [2.75, 3.05) is 13.1 Å². The van der Waals surface area contributed by atoms with Crippen LogP contribution in [0.2, 0.25) is 0 Å². The molecule has 1 aliphatic heterocycles. The molecule has 0 radical (unpaired) electrons. The summed E-state index contributed by atoms with van der Waals surface area (Å²) in [6.07, 6.45) is 0.825. The van der Waals surface area contributed by atoms with Crippen molar-refractivity contribution in [2.24, 2.45) is 0 Å². The Bertz CT molecular complexity index is 955. The van der Waals surface area contributed by atoms with Gasteiger partial charge in [-0.15, -0.1) is 0 Å². The molecule has 3 aromatic rings. The molecule has 0 atom stereocenters. The summed E-state index contributed by atoms with van der Waals surface area (Å²) in [5, 5.41) is 6.89. The number of halogens is 2. The largest absolute Gasteiger partial charge is 0.483 e. The first-order valence-electron chi connectivity index (χ1n) is 10.9. The number of piperidine rings is 1. The van der Waals surface area contributed by atoms with Crippen molar-refractivity contribution in [3.8, 4) is 0 Å². The van der Waals surface area contributed by atoms with Gasteiger partial charge >= 0.3 is 6.05 Å². The van der Waals surface area contributed by atoms with Crippen LogP contribution in [0.5, 0.6) is 0 Å². The number of aromatic nitrogens is 1. The molecule has 0 spiro atoms. The van der Waals surface area contributed by atoms with Gasteiger partial charge in [-0.3, -0.25) is 9.78 Å². The van der Waals surface area contributed by atoms with E-state index in [2.05, 4.69) is 4.98 Å². The number of alkyl halides is 2. The average molecular weight is 455 g/mol. The van der Waals surface area contributed by atoms with Crippen LogP contribution >= 0.6 is 0 Å². The molecule has 1 aromatic heterocycles. The molecule has 0 amide bonds. The van der Waals surface area contributed by atoms with Gasteiger partial charge in [-0.1, -0.05) is 66.7 Å². The molecule has 1 aliphatic rings. The van der Waals surface area contributed by atoms with Crippen molar-refractivity contribution in [2.45, 2.75) is 38.0 Å². The van der Waals surface area contributed by atoms with Crippen LogP contribution in [-0.2, 0) is 15.6 Å². The van der Waals surface area contributed by atoms with Crippen LogP contribution < -0.4 is 0 Å². The minimum Gasteiger partial charge on any atom is -0.483 e. The highest BCUT2D eigenvalue weighted by molar-refractivity contribution is 5.32. The number of hydrogen-bond donors (Lipinski definition) is 1. The third kappa shape index (κ3) is 6.43. The fourth-order valence-electron chi connectivity index (χ4n) is 3.94. The van der Waals surface area contributed by atoms with Gasteiger partial charge in [0.05, 0.1) is 6.10 Å². The first kappa shape index (κ1) is 24.5. The summed E-state index contributed by atoms with van der Waals surface area (Å²) >= 11 is 0. The Balaban J connectivity index is 0.000000968. The Morgan fingerprint density at radius 2 is 1.48 bits per heavy atom. The molecule has 33 heavy (non-hydrogen) atoms. The normalized spacial score (nSPS) is 15.0. The van der Waals surface area contributed by atoms with Crippen LogP contribution in [0, 0.1) is 6.92 Å². The minimum absolute atomic E-state index is 0.0760. The van der Waals surface area contributed by atoms with Gasteiger partial charge in [0, 0.05) is 18.8 Å². The Labute approximate surface area is 192 Å². The highest BCUT2D eigenvalue weighted by atomic mass is 19.3. The number of carboxylic acid groups (broad SMARTS) is 1. The first-order valence-corrected chi connectivity index (χ1v) is 10.9. The number of rotatable bonds is 6. The van der Waals surface area contributed by atoms with Gasteiger partial charge < -0.3 is 9.84 Å². The SMILES string of the molecule is Cc1cccc(C(F)(F)N2CCC(OC(c3ccccc3)c3ccccc3)CC2)n1.O=CO. The lowest BCUT2D eigenvalue weighted by Gasteiger charge is -2.37. The average Bonchev–Trinajstić information content (AvgIpc) is 2.84. The smallest absolute Gasteiger partial charge is 0.348 e. The third-order valence-corrected chi connectivity index (χ3v) is 5.57. The van der Waals surface area contributed by atoms with Gasteiger partial charge in [-0.2, -0.15) is 8.78 Å². The quantitative estimate of drug-likeness (QED) is 0.399. The first-order chi connectivity index (χ1) is 16.0. The summed E-state index contributed by atoms with van der Waals surface area (Å²) in [6, 6.07) is 21.8. The maximum atomic E-state index is 15.0. The van der Waals surface area contributed by atoms with Crippen LogP contribution in [-0.4, -0.2) is 40.7 Å². The van der Waals surface area contributed by atoms with E-state index in [0.29, 0.717) is 18.5 Å². The lowest BCUT2D eigenvalue weighted by molar-refractivity contribution is -0.177. The van der Waals surface area contributed by atoms with Gasteiger partial charge in [-0.25, -0.2) is 4.90 Å². The van der Waals surface area contributed by atoms with Crippen molar-refractivity contribution in [1.29, 1.82) is 0 Å². The number of benzene rings is 2. The summed E-state index contributed by atoms with van der Waals surface area (Å²) in [5.74, 6) is 0. The Morgan fingerprint density at radius 1 is 0.970 bits per heavy atom. The van der Waals surface area contributed by atoms with Crippen molar-refractivity contribution in [3.05, 3.63) is 101 Å². The number of hydrogen-bond acceptors (Lipinski definition) is 4. The highest BCUT2D eigenvalue weighted by Gasteiger charge is 2.42. The molecule has 0 aliphatic carbocycles. The van der Waals surface area contributed by atoms with Crippen molar-refractivity contribution >= 4 is 6.47 Å². The molecule has 1 saturated heterocycles. The van der Waals surface area contributed by atoms with Gasteiger partial charge in [0.2, 0.25) is 0 Å². The van der Waals surface area contributed by atoms with Crippen molar-refractivity contribution in [3.63, 3.8) is 0 Å². The predicted octanol–water partition coefficient (Wildman–Crippen LogP) is 5.41. The van der Waals surface area contributed by atoms with Crippen LogP contribution in [0.15, 0.2) is 78.9 Å². The molecule has 2 aromatic carbocycles. The topological polar surface area (TPSA) is 62.7 Å². The zero-order valence-electron chi connectivity index (χ0n) is 18.5. The molecular formula is C26H28F2N2O3. The number of ether oxygens (including phenoxy) is 1. The second kappa shape index (κ2) is 11.6. The van der Waals surface area contributed by atoms with Crippen LogP contribution in [0.1, 0.15) is 41.5 Å². The summed E-state index contributed by atoms with van der Waals surface area (Å²) in [6.45, 7) is 2.01. The molecular weight excluding hydrogens is 426 g/mol. The number of aryl methyl sites for hydroxylation is 1. The molecule has 0 saturated carbocycles. The highest BCUT2D eigenvalue weighted by Crippen LogP contribution is 2.35. The Morgan fingerprint density at radius 3 is 1.97 bits per heavy atom. The number of likely N-dealkylation sites (tertiary alicyclic amines) is 1. The summed E-state index contributed by atoms with van der Waals surface area (Å²) in [7, 11) is 0. The molecule has 174 valence electrons. The van der Waals surface area contributed by atoms with E-state index in [9.17, 15) is 8.78 Å². The third-order valence-electron chi connectivity index (χ3n) is 5.57. The van der Waals surface area contributed by atoms with Gasteiger partial charge in [0.1, 0.15) is 11.8 Å². The molecule has 5 nitrogen and oxygen atoms in total.